The maximum absolute atomic E-state index is 12.1. The molecule has 22 heavy (non-hydrogen) atoms. The molecule has 3 unspecified atom stereocenters. The van der Waals surface area contributed by atoms with Gasteiger partial charge in [-0.05, 0) is 44.1 Å². The van der Waals surface area contributed by atoms with Gasteiger partial charge in [-0.25, -0.2) is 0 Å². The second-order valence-electron chi connectivity index (χ2n) is 6.91. The van der Waals surface area contributed by atoms with Gasteiger partial charge in [-0.1, -0.05) is 29.8 Å². The predicted molar refractivity (Wildman–Crippen MR) is 86.4 cm³/mol. The third kappa shape index (κ3) is 3.87. The predicted octanol–water partition coefficient (Wildman–Crippen LogP) is 2.07. The molecule has 3 rings (SSSR count). The lowest BCUT2D eigenvalue weighted by Crippen LogP contribution is -2.40. The van der Waals surface area contributed by atoms with Crippen molar-refractivity contribution in [2.24, 2.45) is 5.92 Å². The molecule has 2 saturated heterocycles. The van der Waals surface area contributed by atoms with Crippen molar-refractivity contribution in [1.82, 2.24) is 10.6 Å². The van der Waals surface area contributed by atoms with E-state index in [1.807, 2.05) is 31.2 Å². The summed E-state index contributed by atoms with van der Waals surface area (Å²) in [6.45, 7) is 2.31. The summed E-state index contributed by atoms with van der Waals surface area (Å²) in [5.41, 5.74) is 2.02. The Morgan fingerprint density at radius 1 is 1.27 bits per heavy atom. The van der Waals surface area contributed by atoms with Gasteiger partial charge in [0.25, 0.3) is 0 Å². The molecule has 2 fully saturated rings. The van der Waals surface area contributed by atoms with Gasteiger partial charge in [0.05, 0.1) is 6.10 Å². The first kappa shape index (κ1) is 15.5. The second-order valence-corrected chi connectivity index (χ2v) is 6.91. The molecule has 3 N–H and O–H groups in total. The molecule has 0 aromatic heterocycles. The molecule has 2 aliphatic heterocycles. The molecule has 4 nitrogen and oxygen atoms in total. The number of benzene rings is 1. The van der Waals surface area contributed by atoms with Crippen LogP contribution in [0.4, 0.5) is 0 Å². The van der Waals surface area contributed by atoms with Gasteiger partial charge in [0.2, 0.25) is 5.91 Å². The molecule has 0 aliphatic carbocycles. The molecule has 0 radical (unpaired) electrons. The molecule has 1 aromatic rings. The van der Waals surface area contributed by atoms with Gasteiger partial charge in [-0.2, -0.15) is 0 Å². The van der Waals surface area contributed by atoms with E-state index in [4.69, 9.17) is 0 Å². The van der Waals surface area contributed by atoms with E-state index in [1.165, 1.54) is 18.4 Å². The highest BCUT2D eigenvalue weighted by atomic mass is 16.3. The number of aliphatic hydroxyl groups is 1. The summed E-state index contributed by atoms with van der Waals surface area (Å²) >= 11 is 0. The molecular formula is C18H26N2O2. The molecule has 3 atom stereocenters. The third-order valence-electron chi connectivity index (χ3n) is 5.00. The van der Waals surface area contributed by atoms with Crippen molar-refractivity contribution < 1.29 is 9.90 Å². The average molecular weight is 302 g/mol. The summed E-state index contributed by atoms with van der Waals surface area (Å²) in [6.07, 6.45) is 4.71. The van der Waals surface area contributed by atoms with E-state index in [0.29, 0.717) is 31.0 Å². The molecule has 2 heterocycles. The topological polar surface area (TPSA) is 61.4 Å². The minimum atomic E-state index is -0.631. The summed E-state index contributed by atoms with van der Waals surface area (Å²) < 4.78 is 0. The van der Waals surface area contributed by atoms with Crippen LogP contribution in [0.1, 0.15) is 49.3 Å². The number of carbonyl (C=O) groups is 1. The summed E-state index contributed by atoms with van der Waals surface area (Å²) in [4.78, 5) is 12.1. The highest BCUT2D eigenvalue weighted by Gasteiger charge is 2.34. The Kier molecular flexibility index (Phi) is 4.79. The first-order valence-electron chi connectivity index (χ1n) is 8.37. The van der Waals surface area contributed by atoms with Crippen molar-refractivity contribution in [3.05, 3.63) is 35.4 Å². The van der Waals surface area contributed by atoms with E-state index in [1.54, 1.807) is 0 Å². The molecular weight excluding hydrogens is 276 g/mol. The number of rotatable bonds is 5. The third-order valence-corrected chi connectivity index (χ3v) is 5.00. The fourth-order valence-corrected chi connectivity index (χ4v) is 3.79. The molecule has 0 spiro atoms. The van der Waals surface area contributed by atoms with Crippen LogP contribution in [0.25, 0.3) is 0 Å². The number of hydrogen-bond acceptors (Lipinski definition) is 3. The number of aryl methyl sites for hydroxylation is 1. The zero-order valence-corrected chi connectivity index (χ0v) is 13.2. The number of carbonyl (C=O) groups excluding carboxylic acids is 1. The average Bonchev–Trinajstić information content (AvgIpc) is 2.84. The summed E-state index contributed by atoms with van der Waals surface area (Å²) in [6, 6.07) is 9.02. The van der Waals surface area contributed by atoms with Gasteiger partial charge in [-0.15, -0.1) is 0 Å². The maximum Gasteiger partial charge on any atom is 0.220 e. The van der Waals surface area contributed by atoms with Crippen molar-refractivity contribution in [3.63, 3.8) is 0 Å². The van der Waals surface area contributed by atoms with Gasteiger partial charge in [-0.3, -0.25) is 4.79 Å². The highest BCUT2D eigenvalue weighted by Crippen LogP contribution is 2.32. The van der Waals surface area contributed by atoms with Gasteiger partial charge in [0, 0.05) is 25.0 Å². The fraction of sp³-hybridized carbons (Fsp3) is 0.611. The Morgan fingerprint density at radius 2 is 1.91 bits per heavy atom. The van der Waals surface area contributed by atoms with E-state index >= 15 is 0 Å². The zero-order chi connectivity index (χ0) is 15.5. The lowest BCUT2D eigenvalue weighted by molar-refractivity contribution is -0.122. The number of hydrogen-bond donors (Lipinski definition) is 3. The van der Waals surface area contributed by atoms with E-state index in [-0.39, 0.29) is 5.91 Å². The normalized spacial score (nSPS) is 28.4. The van der Waals surface area contributed by atoms with Crippen LogP contribution in [0, 0.1) is 12.8 Å². The Morgan fingerprint density at radius 3 is 2.55 bits per heavy atom. The number of nitrogens with one attached hydrogen (secondary N) is 2. The Hall–Kier alpha value is -1.39. The monoisotopic (exact) mass is 302 g/mol. The van der Waals surface area contributed by atoms with Crippen LogP contribution >= 0.6 is 0 Å². The Balaban J connectivity index is 1.43. The van der Waals surface area contributed by atoms with Crippen molar-refractivity contribution in [2.45, 2.75) is 57.2 Å². The van der Waals surface area contributed by atoms with E-state index in [9.17, 15) is 9.90 Å². The number of amides is 1. The Bertz CT molecular complexity index is 502. The van der Waals surface area contributed by atoms with Crippen molar-refractivity contribution in [3.8, 4) is 0 Å². The van der Waals surface area contributed by atoms with E-state index < -0.39 is 6.10 Å². The molecule has 2 aliphatic rings. The fourth-order valence-electron chi connectivity index (χ4n) is 3.79. The van der Waals surface area contributed by atoms with Crippen molar-refractivity contribution >= 4 is 5.91 Å². The minimum absolute atomic E-state index is 0.0671. The van der Waals surface area contributed by atoms with Gasteiger partial charge in [0.1, 0.15) is 0 Å². The first-order valence-corrected chi connectivity index (χ1v) is 8.37. The summed E-state index contributed by atoms with van der Waals surface area (Å²) in [7, 11) is 0. The smallest absolute Gasteiger partial charge is 0.220 e. The number of fused-ring (bicyclic) bond motifs is 2. The first-order chi connectivity index (χ1) is 10.6. The largest absolute Gasteiger partial charge is 0.387 e. The lowest BCUT2D eigenvalue weighted by Gasteiger charge is -2.28. The maximum atomic E-state index is 12.1. The SMILES string of the molecule is Cc1ccc(C(O)CNC(=O)CC2CC3CCC(C2)N3)cc1. The summed E-state index contributed by atoms with van der Waals surface area (Å²) in [5.74, 6) is 0.563. The quantitative estimate of drug-likeness (QED) is 0.780. The summed E-state index contributed by atoms with van der Waals surface area (Å²) in [5, 5.41) is 16.6. The highest BCUT2D eigenvalue weighted by molar-refractivity contribution is 5.76. The van der Waals surface area contributed by atoms with Crippen LogP contribution in [0.3, 0.4) is 0 Å². The van der Waals surface area contributed by atoms with Gasteiger partial charge >= 0.3 is 0 Å². The van der Waals surface area contributed by atoms with Crippen LogP contribution in [-0.2, 0) is 4.79 Å². The Labute approximate surface area is 132 Å². The van der Waals surface area contributed by atoms with Crippen LogP contribution < -0.4 is 10.6 Å². The zero-order valence-electron chi connectivity index (χ0n) is 13.2. The van der Waals surface area contributed by atoms with Crippen LogP contribution in [-0.4, -0.2) is 29.6 Å². The molecule has 4 heteroatoms. The van der Waals surface area contributed by atoms with E-state index in [0.717, 1.165) is 18.4 Å². The molecule has 1 aromatic carbocycles. The van der Waals surface area contributed by atoms with Crippen LogP contribution in [0.5, 0.6) is 0 Å². The molecule has 1 amide bonds. The molecule has 2 bridgehead atoms. The van der Waals surface area contributed by atoms with Crippen molar-refractivity contribution in [2.75, 3.05) is 6.54 Å². The molecule has 0 saturated carbocycles. The van der Waals surface area contributed by atoms with Crippen molar-refractivity contribution in [1.29, 1.82) is 0 Å². The number of aliphatic hydroxyl groups excluding tert-OH is 1. The van der Waals surface area contributed by atoms with Crippen LogP contribution in [0.2, 0.25) is 0 Å². The number of piperidine rings is 1. The minimum Gasteiger partial charge on any atom is -0.387 e. The van der Waals surface area contributed by atoms with Crippen LogP contribution in [0.15, 0.2) is 24.3 Å². The second kappa shape index (κ2) is 6.80. The standard InChI is InChI=1S/C18H26N2O2/c1-12-2-4-14(5-3-12)17(21)11-19-18(22)10-13-8-15-6-7-16(9-13)20-15/h2-5,13,15-17,20-21H,6-11H2,1H3,(H,19,22). The van der Waals surface area contributed by atoms with Gasteiger partial charge in [0.15, 0.2) is 0 Å². The van der Waals surface area contributed by atoms with E-state index in [2.05, 4.69) is 10.6 Å². The van der Waals surface area contributed by atoms with Gasteiger partial charge < -0.3 is 15.7 Å². The lowest BCUT2D eigenvalue weighted by atomic mass is 9.89. The molecule has 120 valence electrons.